The predicted octanol–water partition coefficient (Wildman–Crippen LogP) is 1.80. The fourth-order valence-electron chi connectivity index (χ4n) is 0.891. The van der Waals surface area contributed by atoms with Gasteiger partial charge in [0.2, 0.25) is 0 Å². The van der Waals surface area contributed by atoms with E-state index in [-0.39, 0.29) is 11.9 Å². The Labute approximate surface area is 72.5 Å². The van der Waals surface area contributed by atoms with Crippen LogP contribution in [0.5, 0.6) is 0 Å². The first-order valence-electron chi connectivity index (χ1n) is 3.25. The van der Waals surface area contributed by atoms with Crippen molar-refractivity contribution >= 4 is 20.8 Å². The van der Waals surface area contributed by atoms with Crippen molar-refractivity contribution in [3.8, 4) is 0 Å². The lowest BCUT2D eigenvalue weighted by Crippen LogP contribution is -2.05. The van der Waals surface area contributed by atoms with Crippen molar-refractivity contribution in [2.24, 2.45) is 0 Å². The van der Waals surface area contributed by atoms with E-state index < -0.39 is 20.4 Å². The van der Waals surface area contributed by atoms with Gasteiger partial charge in [0.25, 0.3) is 0 Å². The minimum atomic E-state index is -4.92. The smallest absolute Gasteiger partial charge is 0.313 e. The number of aldehydes is 1. The number of carbonyl (C=O) groups excluding carboxylic acids is 1. The van der Waals surface area contributed by atoms with E-state index in [0.717, 1.165) is 6.08 Å². The molecule has 0 amide bonds. The first-order chi connectivity index (χ1) is 5.95. The molecule has 13 heavy (non-hydrogen) atoms. The van der Waals surface area contributed by atoms with Gasteiger partial charge in [0.05, 0.1) is 0 Å². The Morgan fingerprint density at radius 3 is 2.46 bits per heavy atom. The summed E-state index contributed by atoms with van der Waals surface area (Å²) in [5, 5.41) is 7.23. The zero-order valence-electron chi connectivity index (χ0n) is 6.41. The molecule has 0 aromatic carbocycles. The maximum Gasteiger partial charge on any atom is 0.313 e. The van der Waals surface area contributed by atoms with E-state index in [2.05, 4.69) is 0 Å². The van der Waals surface area contributed by atoms with Gasteiger partial charge in [-0.2, -0.15) is 12.7 Å². The molecule has 74 valence electrons. The Morgan fingerprint density at radius 2 is 2.23 bits per heavy atom. The Hall–Kier alpha value is -0.880. The maximum atomic E-state index is 13.7. The molecule has 0 unspecified atom stereocenters. The zero-order chi connectivity index (χ0) is 10.1. The number of halogens is 3. The third kappa shape index (κ3) is 1.36. The Kier molecular flexibility index (Phi) is 2.21. The normalized spacial score (nSPS) is 25.8. The van der Waals surface area contributed by atoms with Crippen LogP contribution >= 0.6 is 9.14 Å². The van der Waals surface area contributed by atoms with Crippen LogP contribution in [0.15, 0.2) is 22.5 Å². The topological polar surface area (TPSA) is 37.3 Å². The Bertz CT molecular complexity index is 379. The van der Waals surface area contributed by atoms with Gasteiger partial charge < -0.3 is 5.11 Å². The van der Waals surface area contributed by atoms with E-state index in [1.54, 1.807) is 0 Å². The summed E-state index contributed by atoms with van der Waals surface area (Å²) < 4.78 is 38.4. The van der Waals surface area contributed by atoms with Gasteiger partial charge in [0.15, 0.2) is 6.29 Å². The molecule has 1 aliphatic rings. The van der Waals surface area contributed by atoms with Crippen LogP contribution in [0.1, 0.15) is 0 Å². The van der Waals surface area contributed by atoms with Gasteiger partial charge in [-0.1, -0.05) is 0 Å². The van der Waals surface area contributed by atoms with Gasteiger partial charge in [0, 0.05) is 5.57 Å². The molecule has 1 aliphatic heterocycles. The first kappa shape index (κ1) is 10.2. The van der Waals surface area contributed by atoms with Crippen molar-refractivity contribution in [1.82, 2.24) is 0 Å². The highest BCUT2D eigenvalue weighted by molar-refractivity contribution is 8.48. The SMILES string of the molecule is O=CC1=CS(F)(CO)(=C(F)F)C=C1. The number of hydrogen-bond donors (Lipinski definition) is 1. The second kappa shape index (κ2) is 2.81. The van der Waals surface area contributed by atoms with Crippen LogP contribution in [-0.2, 0) is 4.79 Å². The molecule has 0 fully saturated rings. The highest BCUT2D eigenvalue weighted by Crippen LogP contribution is 2.67. The highest BCUT2D eigenvalue weighted by atomic mass is 32.3. The van der Waals surface area contributed by atoms with Crippen LogP contribution in [0.2, 0.25) is 0 Å². The number of carbonyl (C=O) groups is 1. The molecular formula is C7H7F3O2S. The third-order valence-corrected chi connectivity index (χ3v) is 4.41. The molecule has 1 heterocycles. The van der Waals surface area contributed by atoms with Crippen molar-refractivity contribution < 1.29 is 22.6 Å². The molecule has 0 bridgehead atoms. The summed E-state index contributed by atoms with van der Waals surface area (Å²) in [5.41, 5.74) is -0.175. The average Bonchev–Trinajstić information content (AvgIpc) is 2.47. The lowest BCUT2D eigenvalue weighted by atomic mass is 10.3. The molecule has 0 aliphatic carbocycles. The number of hydrogen-bond acceptors (Lipinski definition) is 2. The van der Waals surface area contributed by atoms with E-state index in [4.69, 9.17) is 5.11 Å². The summed E-state index contributed by atoms with van der Waals surface area (Å²) in [6.07, 6.45) is 1.21. The molecule has 6 heteroatoms. The molecule has 0 saturated carbocycles. The molecule has 0 aromatic rings. The number of allylic oxidation sites excluding steroid dienone is 2. The second-order valence-corrected chi connectivity index (χ2v) is 6.11. The third-order valence-electron chi connectivity index (χ3n) is 1.69. The fourth-order valence-corrected chi connectivity index (χ4v) is 2.59. The second-order valence-electron chi connectivity index (χ2n) is 2.61. The van der Waals surface area contributed by atoms with Crippen molar-refractivity contribution in [2.45, 2.75) is 0 Å². The lowest BCUT2D eigenvalue weighted by Gasteiger charge is -2.27. The van der Waals surface area contributed by atoms with Crippen molar-refractivity contribution in [3.63, 3.8) is 0 Å². The molecule has 1 rings (SSSR count). The van der Waals surface area contributed by atoms with Crippen molar-refractivity contribution in [1.29, 1.82) is 0 Å². The molecule has 0 atom stereocenters. The summed E-state index contributed by atoms with van der Waals surface area (Å²) in [6.45, 7) is 0. The molecule has 0 saturated heterocycles. The van der Waals surface area contributed by atoms with E-state index >= 15 is 0 Å². The largest absolute Gasteiger partial charge is 0.385 e. The van der Waals surface area contributed by atoms with Crippen LogP contribution < -0.4 is 0 Å². The van der Waals surface area contributed by atoms with Crippen LogP contribution in [0, 0.1) is 0 Å². The molecule has 0 radical (unpaired) electrons. The van der Waals surface area contributed by atoms with Crippen LogP contribution in [-0.4, -0.2) is 22.7 Å². The number of rotatable bonds is 2. The van der Waals surface area contributed by atoms with Gasteiger partial charge in [-0.15, -0.1) is 0 Å². The molecule has 1 N–H and O–H groups in total. The van der Waals surface area contributed by atoms with E-state index in [1.807, 2.05) is 0 Å². The first-order valence-corrected chi connectivity index (χ1v) is 5.48. The predicted molar refractivity (Wildman–Crippen MR) is 46.3 cm³/mol. The summed E-state index contributed by atoms with van der Waals surface area (Å²) in [6, 6.07) is 0. The standard InChI is InChI=1S/C7H7F3O2S/c8-7(9)13(10,5-12)2-1-6(3-11)4-13/h1-4,12H,5H2. The monoisotopic (exact) mass is 212 g/mol. The van der Waals surface area contributed by atoms with Gasteiger partial charge in [0.1, 0.15) is 5.94 Å². The van der Waals surface area contributed by atoms with E-state index in [9.17, 15) is 17.5 Å². The lowest BCUT2D eigenvalue weighted by molar-refractivity contribution is -0.104. The van der Waals surface area contributed by atoms with E-state index in [0.29, 0.717) is 10.8 Å². The summed E-state index contributed by atoms with van der Waals surface area (Å²) in [7, 11) is -4.92. The maximum absolute atomic E-state index is 13.7. The van der Waals surface area contributed by atoms with Gasteiger partial charge in [-0.25, -0.2) is 0 Å². The van der Waals surface area contributed by atoms with Crippen LogP contribution in [0.3, 0.4) is 0 Å². The van der Waals surface area contributed by atoms with Crippen molar-refractivity contribution in [3.05, 3.63) is 22.5 Å². The van der Waals surface area contributed by atoms with Gasteiger partial charge in [-0.3, -0.25) is 4.79 Å². The van der Waals surface area contributed by atoms with Gasteiger partial charge in [-0.05, 0) is 26.0 Å². The van der Waals surface area contributed by atoms with Crippen molar-refractivity contribution in [2.75, 3.05) is 5.94 Å². The molecular weight excluding hydrogens is 205 g/mol. The summed E-state index contributed by atoms with van der Waals surface area (Å²) >= 11 is 0. The fraction of sp³-hybridized carbons (Fsp3) is 0.143. The zero-order valence-corrected chi connectivity index (χ0v) is 7.23. The van der Waals surface area contributed by atoms with E-state index in [1.165, 1.54) is 0 Å². The Morgan fingerprint density at radius 1 is 1.62 bits per heavy atom. The molecule has 0 spiro atoms. The highest BCUT2D eigenvalue weighted by Gasteiger charge is 2.37. The number of aliphatic hydroxyl groups is 1. The number of aliphatic hydroxyl groups excluding tert-OH is 1. The summed E-state index contributed by atoms with van der Waals surface area (Å²) in [5.74, 6) is -1.31. The van der Waals surface area contributed by atoms with Crippen LogP contribution in [0.25, 0.3) is 0 Å². The quantitative estimate of drug-likeness (QED) is 0.430. The van der Waals surface area contributed by atoms with Crippen LogP contribution in [0.4, 0.5) is 12.7 Å². The Balaban J connectivity index is 3.48. The molecule has 2 nitrogen and oxygen atoms in total. The average molecular weight is 212 g/mol. The summed E-state index contributed by atoms with van der Waals surface area (Å²) in [4.78, 5) is 10.2. The van der Waals surface area contributed by atoms with Gasteiger partial charge >= 0.3 is 5.37 Å². The minimum Gasteiger partial charge on any atom is -0.385 e. The molecule has 0 aromatic heterocycles. The minimum absolute atomic E-state index is 0.175.